The maximum absolute atomic E-state index is 9.43. The second-order valence-electron chi connectivity index (χ2n) is 6.20. The van der Waals surface area contributed by atoms with E-state index >= 15 is 0 Å². The predicted octanol–water partition coefficient (Wildman–Crippen LogP) is 1.55. The van der Waals surface area contributed by atoms with E-state index in [1.807, 2.05) is 12.1 Å². The van der Waals surface area contributed by atoms with Crippen LogP contribution in [0.2, 0.25) is 0 Å². The molecule has 1 heterocycles. The van der Waals surface area contributed by atoms with Gasteiger partial charge in [-0.15, -0.1) is 0 Å². The van der Waals surface area contributed by atoms with Gasteiger partial charge in [0.2, 0.25) is 0 Å². The molecule has 1 aromatic carbocycles. The zero-order chi connectivity index (χ0) is 15.2. The molecule has 0 radical (unpaired) electrons. The second-order valence-corrected chi connectivity index (χ2v) is 6.20. The Balaban J connectivity index is 2.10. The monoisotopic (exact) mass is 291 g/mol. The first-order chi connectivity index (χ1) is 10.1. The van der Waals surface area contributed by atoms with Gasteiger partial charge in [0.1, 0.15) is 5.75 Å². The third-order valence-corrected chi connectivity index (χ3v) is 4.44. The Bertz CT molecular complexity index is 421. The lowest BCUT2D eigenvalue weighted by Crippen LogP contribution is -2.53. The van der Waals surface area contributed by atoms with Crippen molar-refractivity contribution < 1.29 is 5.11 Å². The number of phenolic OH excluding ortho intramolecular Hbond substituents is 1. The van der Waals surface area contributed by atoms with Crippen molar-refractivity contribution in [2.24, 2.45) is 0 Å². The van der Waals surface area contributed by atoms with Gasteiger partial charge in [-0.1, -0.05) is 19.1 Å². The van der Waals surface area contributed by atoms with Crippen LogP contribution in [0.1, 0.15) is 18.9 Å². The van der Waals surface area contributed by atoms with Gasteiger partial charge in [-0.2, -0.15) is 0 Å². The van der Waals surface area contributed by atoms with E-state index in [0.29, 0.717) is 17.8 Å². The average molecular weight is 291 g/mol. The second kappa shape index (κ2) is 7.78. The van der Waals surface area contributed by atoms with E-state index in [-0.39, 0.29) is 0 Å². The molecule has 0 aliphatic carbocycles. The van der Waals surface area contributed by atoms with Crippen LogP contribution in [0, 0.1) is 0 Å². The number of benzene rings is 1. The minimum absolute atomic E-state index is 0.338. The molecule has 4 heteroatoms. The summed E-state index contributed by atoms with van der Waals surface area (Å²) in [5.74, 6) is 0.338. The fourth-order valence-corrected chi connectivity index (χ4v) is 3.23. The van der Waals surface area contributed by atoms with E-state index in [0.717, 1.165) is 26.1 Å². The Morgan fingerprint density at radius 2 is 1.95 bits per heavy atom. The standard InChI is InChI=1S/C17H29N3O/c1-4-18-16(12-14-6-8-15(21)9-7-14)17-13-19(2)10-5-11-20(17)3/h6-9,16-18,21H,4-5,10-13H2,1-3H3. The van der Waals surface area contributed by atoms with Gasteiger partial charge in [-0.05, 0) is 64.3 Å². The molecule has 2 atom stereocenters. The third-order valence-electron chi connectivity index (χ3n) is 4.44. The highest BCUT2D eigenvalue weighted by Crippen LogP contribution is 2.16. The van der Waals surface area contributed by atoms with E-state index in [1.165, 1.54) is 18.5 Å². The van der Waals surface area contributed by atoms with Gasteiger partial charge in [0.05, 0.1) is 0 Å². The third kappa shape index (κ3) is 4.70. The maximum Gasteiger partial charge on any atom is 0.115 e. The quantitative estimate of drug-likeness (QED) is 0.863. The van der Waals surface area contributed by atoms with Crippen molar-refractivity contribution in [2.45, 2.75) is 31.8 Å². The van der Waals surface area contributed by atoms with Crippen molar-refractivity contribution in [1.82, 2.24) is 15.1 Å². The van der Waals surface area contributed by atoms with Crippen LogP contribution in [0.5, 0.6) is 5.75 Å². The molecule has 0 aromatic heterocycles. The summed E-state index contributed by atoms with van der Waals surface area (Å²) >= 11 is 0. The Morgan fingerprint density at radius 1 is 1.24 bits per heavy atom. The number of phenols is 1. The smallest absolute Gasteiger partial charge is 0.115 e. The molecule has 0 spiro atoms. The van der Waals surface area contributed by atoms with Crippen molar-refractivity contribution in [1.29, 1.82) is 0 Å². The average Bonchev–Trinajstić information content (AvgIpc) is 2.62. The number of nitrogens with zero attached hydrogens (tertiary/aromatic N) is 2. The normalized spacial score (nSPS) is 22.9. The molecule has 0 amide bonds. The Hall–Kier alpha value is -1.10. The summed E-state index contributed by atoms with van der Waals surface area (Å²) in [6.45, 7) is 6.60. The van der Waals surface area contributed by atoms with E-state index in [9.17, 15) is 5.11 Å². The molecule has 1 aromatic rings. The van der Waals surface area contributed by atoms with Crippen LogP contribution in [-0.2, 0) is 6.42 Å². The maximum atomic E-state index is 9.43. The van der Waals surface area contributed by atoms with E-state index in [2.05, 4.69) is 36.1 Å². The molecular weight excluding hydrogens is 262 g/mol. The lowest BCUT2D eigenvalue weighted by molar-refractivity contribution is 0.178. The zero-order valence-electron chi connectivity index (χ0n) is 13.5. The summed E-state index contributed by atoms with van der Waals surface area (Å²) in [5, 5.41) is 13.1. The van der Waals surface area contributed by atoms with Crippen molar-refractivity contribution in [3.8, 4) is 5.75 Å². The molecule has 21 heavy (non-hydrogen) atoms. The van der Waals surface area contributed by atoms with Crippen LogP contribution in [0.3, 0.4) is 0 Å². The van der Waals surface area contributed by atoms with E-state index < -0.39 is 0 Å². The van der Waals surface area contributed by atoms with Crippen molar-refractivity contribution >= 4 is 0 Å². The summed E-state index contributed by atoms with van der Waals surface area (Å²) in [6.07, 6.45) is 2.23. The summed E-state index contributed by atoms with van der Waals surface area (Å²) < 4.78 is 0. The SMILES string of the molecule is CCNC(Cc1ccc(O)cc1)C1CN(C)CCCN1C. The fraction of sp³-hybridized carbons (Fsp3) is 0.647. The molecule has 0 saturated carbocycles. The summed E-state index contributed by atoms with van der Waals surface area (Å²) in [6, 6.07) is 8.57. The summed E-state index contributed by atoms with van der Waals surface area (Å²) in [5.41, 5.74) is 1.28. The molecule has 1 aliphatic heterocycles. The number of likely N-dealkylation sites (N-methyl/N-ethyl adjacent to an activating group) is 3. The van der Waals surface area contributed by atoms with Gasteiger partial charge in [-0.3, -0.25) is 0 Å². The summed E-state index contributed by atoms with van der Waals surface area (Å²) in [4.78, 5) is 4.94. The highest BCUT2D eigenvalue weighted by Gasteiger charge is 2.28. The molecule has 0 bridgehead atoms. The topological polar surface area (TPSA) is 38.7 Å². The largest absolute Gasteiger partial charge is 0.508 e. The predicted molar refractivity (Wildman–Crippen MR) is 87.8 cm³/mol. The van der Waals surface area contributed by atoms with Gasteiger partial charge >= 0.3 is 0 Å². The van der Waals surface area contributed by atoms with Crippen molar-refractivity contribution in [2.75, 3.05) is 40.3 Å². The van der Waals surface area contributed by atoms with Gasteiger partial charge in [0.15, 0.2) is 0 Å². The lowest BCUT2D eigenvalue weighted by atomic mass is 9.98. The van der Waals surface area contributed by atoms with Gasteiger partial charge < -0.3 is 20.2 Å². The van der Waals surface area contributed by atoms with Crippen molar-refractivity contribution in [3.05, 3.63) is 29.8 Å². The van der Waals surface area contributed by atoms with Crippen LogP contribution in [0.25, 0.3) is 0 Å². The molecule has 4 nitrogen and oxygen atoms in total. The van der Waals surface area contributed by atoms with E-state index in [4.69, 9.17) is 0 Å². The first-order valence-corrected chi connectivity index (χ1v) is 8.00. The number of aromatic hydroxyl groups is 1. The van der Waals surface area contributed by atoms with E-state index in [1.54, 1.807) is 12.1 Å². The first kappa shape index (κ1) is 16.3. The zero-order valence-corrected chi connectivity index (χ0v) is 13.5. The molecule has 1 saturated heterocycles. The van der Waals surface area contributed by atoms with Crippen LogP contribution in [-0.4, -0.2) is 67.3 Å². The highest BCUT2D eigenvalue weighted by molar-refractivity contribution is 5.26. The van der Waals surface area contributed by atoms with Crippen LogP contribution < -0.4 is 5.32 Å². The first-order valence-electron chi connectivity index (χ1n) is 8.00. The van der Waals surface area contributed by atoms with Gasteiger partial charge in [0, 0.05) is 18.6 Å². The molecule has 1 aliphatic rings. The molecular formula is C17H29N3O. The van der Waals surface area contributed by atoms with Gasteiger partial charge in [-0.25, -0.2) is 0 Å². The summed E-state index contributed by atoms with van der Waals surface area (Å²) in [7, 11) is 4.46. The Morgan fingerprint density at radius 3 is 2.62 bits per heavy atom. The minimum atomic E-state index is 0.338. The molecule has 118 valence electrons. The molecule has 1 fully saturated rings. The highest BCUT2D eigenvalue weighted by atomic mass is 16.3. The molecule has 2 N–H and O–H groups in total. The Kier molecular flexibility index (Phi) is 6.03. The Labute approximate surface area is 128 Å². The number of hydrogen-bond acceptors (Lipinski definition) is 4. The number of rotatable bonds is 5. The molecule has 2 rings (SSSR count). The van der Waals surface area contributed by atoms with Crippen molar-refractivity contribution in [3.63, 3.8) is 0 Å². The van der Waals surface area contributed by atoms with Crippen LogP contribution in [0.15, 0.2) is 24.3 Å². The number of hydrogen-bond donors (Lipinski definition) is 2. The van der Waals surface area contributed by atoms with Crippen LogP contribution in [0.4, 0.5) is 0 Å². The lowest BCUT2D eigenvalue weighted by Gasteiger charge is -2.35. The molecule has 2 unspecified atom stereocenters. The fourth-order valence-electron chi connectivity index (χ4n) is 3.23. The number of nitrogens with one attached hydrogen (secondary N) is 1. The minimum Gasteiger partial charge on any atom is -0.508 e. The van der Waals surface area contributed by atoms with Crippen LogP contribution >= 0.6 is 0 Å². The van der Waals surface area contributed by atoms with Gasteiger partial charge in [0.25, 0.3) is 0 Å².